The van der Waals surface area contributed by atoms with E-state index in [-0.39, 0.29) is 0 Å². The Hall–Kier alpha value is -3.81. The van der Waals surface area contributed by atoms with Crippen molar-refractivity contribution in [1.29, 1.82) is 0 Å². The van der Waals surface area contributed by atoms with Gasteiger partial charge in [0.05, 0.1) is 34.2 Å². The SMILES string of the molecule is COc1ccc(Cn2cnc(NCc3ccc(OC)cc3OC)c3ncnc2-3)cc1. The highest BCUT2D eigenvalue weighted by atomic mass is 16.5. The molecule has 0 unspecified atom stereocenters. The minimum atomic E-state index is 0.532. The fourth-order valence-corrected chi connectivity index (χ4v) is 3.23. The van der Waals surface area contributed by atoms with E-state index in [0.29, 0.717) is 18.9 Å². The van der Waals surface area contributed by atoms with Gasteiger partial charge in [-0.25, -0.2) is 15.0 Å². The third-order valence-corrected chi connectivity index (χ3v) is 4.85. The standard InChI is InChI=1S/C22H23N5O3/c1-28-17-7-4-15(5-8-17)12-27-14-26-21(20-22(27)25-13-24-20)23-11-16-6-9-18(29-2)10-19(16)30-3/h4-10,13-14,23H,11-12H2,1-3H3. The Bertz CT molecular complexity index is 1090. The van der Waals surface area contributed by atoms with E-state index in [4.69, 9.17) is 14.2 Å². The number of ether oxygens (including phenoxy) is 3. The fraction of sp³-hybridized carbons (Fsp3) is 0.227. The molecule has 8 nitrogen and oxygen atoms in total. The highest BCUT2D eigenvalue weighted by Crippen LogP contribution is 2.28. The molecule has 30 heavy (non-hydrogen) atoms. The topological polar surface area (TPSA) is 83.3 Å². The monoisotopic (exact) mass is 405 g/mol. The van der Waals surface area contributed by atoms with Crippen LogP contribution in [-0.4, -0.2) is 40.8 Å². The highest BCUT2D eigenvalue weighted by molar-refractivity contribution is 5.67. The summed E-state index contributed by atoms with van der Waals surface area (Å²) in [7, 11) is 4.93. The molecule has 2 aliphatic heterocycles. The van der Waals surface area contributed by atoms with E-state index in [1.54, 1.807) is 34.0 Å². The molecule has 0 spiro atoms. The molecule has 0 saturated carbocycles. The zero-order chi connectivity index (χ0) is 20.9. The average Bonchev–Trinajstić information content (AvgIpc) is 3.29. The van der Waals surface area contributed by atoms with Crippen LogP contribution in [0.15, 0.2) is 55.1 Å². The van der Waals surface area contributed by atoms with Crippen molar-refractivity contribution in [2.75, 3.05) is 26.6 Å². The molecule has 0 bridgehead atoms. The molecule has 0 aromatic heterocycles. The van der Waals surface area contributed by atoms with Crippen LogP contribution in [0, 0.1) is 0 Å². The summed E-state index contributed by atoms with van der Waals surface area (Å²) in [6, 6.07) is 13.6. The van der Waals surface area contributed by atoms with E-state index >= 15 is 0 Å². The number of hydrogen-bond donors (Lipinski definition) is 1. The second kappa shape index (κ2) is 8.69. The van der Waals surface area contributed by atoms with Crippen molar-refractivity contribution in [2.45, 2.75) is 13.1 Å². The first-order valence-corrected chi connectivity index (χ1v) is 9.45. The van der Waals surface area contributed by atoms with Crippen LogP contribution in [0.2, 0.25) is 0 Å². The number of aromatic nitrogens is 4. The normalized spacial score (nSPS) is 10.8. The molecule has 2 aromatic carbocycles. The van der Waals surface area contributed by atoms with Gasteiger partial charge in [-0.05, 0) is 29.8 Å². The van der Waals surface area contributed by atoms with Crippen LogP contribution in [0.25, 0.3) is 11.5 Å². The van der Waals surface area contributed by atoms with Gasteiger partial charge in [0.25, 0.3) is 0 Å². The van der Waals surface area contributed by atoms with Gasteiger partial charge in [-0.1, -0.05) is 12.1 Å². The molecule has 0 amide bonds. The van der Waals surface area contributed by atoms with E-state index in [0.717, 1.165) is 39.9 Å². The van der Waals surface area contributed by atoms with Crippen LogP contribution in [0.3, 0.4) is 0 Å². The molecule has 154 valence electrons. The average molecular weight is 405 g/mol. The lowest BCUT2D eigenvalue weighted by Gasteiger charge is -2.15. The molecule has 0 fully saturated rings. The number of fused-ring (bicyclic) bond motifs is 1. The maximum atomic E-state index is 5.47. The molecule has 4 rings (SSSR count). The number of imidazole rings is 1. The molecule has 1 N–H and O–H groups in total. The van der Waals surface area contributed by atoms with E-state index in [1.165, 1.54) is 0 Å². The molecule has 8 heteroatoms. The first kappa shape index (κ1) is 19.5. The zero-order valence-electron chi connectivity index (χ0n) is 17.1. The lowest BCUT2D eigenvalue weighted by molar-refractivity contribution is 0.391. The van der Waals surface area contributed by atoms with Crippen LogP contribution < -0.4 is 19.5 Å². The third-order valence-electron chi connectivity index (χ3n) is 4.85. The third kappa shape index (κ3) is 3.98. The van der Waals surface area contributed by atoms with Crippen molar-refractivity contribution in [3.63, 3.8) is 0 Å². The maximum Gasteiger partial charge on any atom is 0.165 e. The molecule has 0 radical (unpaired) electrons. The Morgan fingerprint density at radius 1 is 0.867 bits per heavy atom. The predicted molar refractivity (Wildman–Crippen MR) is 113 cm³/mol. The maximum absolute atomic E-state index is 5.47. The first-order valence-electron chi connectivity index (χ1n) is 9.45. The Morgan fingerprint density at radius 2 is 1.63 bits per heavy atom. The number of benzene rings is 2. The summed E-state index contributed by atoms with van der Waals surface area (Å²) in [6.07, 6.45) is 3.32. The van der Waals surface area contributed by atoms with Crippen molar-refractivity contribution in [3.05, 3.63) is 66.2 Å². The summed E-state index contributed by atoms with van der Waals surface area (Å²) >= 11 is 0. The lowest BCUT2D eigenvalue weighted by atomic mass is 10.2. The first-order chi connectivity index (χ1) is 14.7. The smallest absolute Gasteiger partial charge is 0.165 e. The Balaban J connectivity index is 1.53. The summed E-state index contributed by atoms with van der Waals surface area (Å²) in [4.78, 5) is 13.4. The van der Waals surface area contributed by atoms with Crippen molar-refractivity contribution in [3.8, 4) is 28.8 Å². The fourth-order valence-electron chi connectivity index (χ4n) is 3.23. The van der Waals surface area contributed by atoms with Gasteiger partial charge in [-0.3, -0.25) is 0 Å². The number of anilines is 1. The van der Waals surface area contributed by atoms with Gasteiger partial charge in [-0.15, -0.1) is 0 Å². The van der Waals surface area contributed by atoms with Crippen LogP contribution in [0.1, 0.15) is 11.1 Å². The molecule has 0 atom stereocenters. The predicted octanol–water partition coefficient (Wildman–Crippen LogP) is 3.46. The van der Waals surface area contributed by atoms with Crippen molar-refractivity contribution in [1.82, 2.24) is 19.5 Å². The van der Waals surface area contributed by atoms with Gasteiger partial charge in [0, 0.05) is 18.2 Å². The Labute approximate surface area is 174 Å². The number of rotatable bonds is 8. The molecule has 2 aliphatic rings. The molecular formula is C22H23N5O3. The number of nitrogens with one attached hydrogen (secondary N) is 1. The molecule has 2 aromatic rings. The quantitative estimate of drug-likeness (QED) is 0.481. The van der Waals surface area contributed by atoms with Gasteiger partial charge >= 0.3 is 0 Å². The van der Waals surface area contributed by atoms with Crippen LogP contribution in [-0.2, 0) is 13.1 Å². The summed E-state index contributed by atoms with van der Waals surface area (Å²) in [5.74, 6) is 3.76. The van der Waals surface area contributed by atoms with Crippen LogP contribution in [0.5, 0.6) is 17.2 Å². The Kier molecular flexibility index (Phi) is 5.65. The van der Waals surface area contributed by atoms with E-state index in [2.05, 4.69) is 20.3 Å². The zero-order valence-corrected chi connectivity index (χ0v) is 17.1. The van der Waals surface area contributed by atoms with E-state index < -0.39 is 0 Å². The molecule has 0 saturated heterocycles. The highest BCUT2D eigenvalue weighted by Gasteiger charge is 2.17. The van der Waals surface area contributed by atoms with Crippen LogP contribution >= 0.6 is 0 Å². The summed E-state index contributed by atoms with van der Waals surface area (Å²) in [5.41, 5.74) is 2.83. The number of nitrogens with zero attached hydrogens (tertiary/aromatic N) is 4. The van der Waals surface area contributed by atoms with Crippen LogP contribution in [0.4, 0.5) is 5.82 Å². The largest absolute Gasteiger partial charge is 0.497 e. The summed E-state index contributed by atoms with van der Waals surface area (Å²) < 4.78 is 17.9. The number of methoxy groups -OCH3 is 3. The molecule has 2 heterocycles. The van der Waals surface area contributed by atoms with Gasteiger partial charge in [0.2, 0.25) is 0 Å². The Morgan fingerprint density at radius 3 is 2.37 bits per heavy atom. The minimum absolute atomic E-state index is 0.532. The second-order valence-electron chi connectivity index (χ2n) is 6.65. The van der Waals surface area contributed by atoms with Crippen molar-refractivity contribution < 1.29 is 14.2 Å². The molecule has 0 aliphatic carbocycles. The summed E-state index contributed by atoms with van der Waals surface area (Å²) in [5, 5.41) is 3.34. The summed E-state index contributed by atoms with van der Waals surface area (Å²) in [6.45, 7) is 1.17. The van der Waals surface area contributed by atoms with E-state index in [1.807, 2.05) is 47.0 Å². The minimum Gasteiger partial charge on any atom is -0.497 e. The van der Waals surface area contributed by atoms with E-state index in [9.17, 15) is 0 Å². The van der Waals surface area contributed by atoms with Crippen molar-refractivity contribution in [2.24, 2.45) is 0 Å². The lowest BCUT2D eigenvalue weighted by Crippen LogP contribution is -2.11. The van der Waals surface area contributed by atoms with Gasteiger partial charge in [0.15, 0.2) is 17.3 Å². The second-order valence-corrected chi connectivity index (χ2v) is 6.65. The molecular weight excluding hydrogens is 382 g/mol. The van der Waals surface area contributed by atoms with Crippen molar-refractivity contribution >= 4 is 5.82 Å². The van der Waals surface area contributed by atoms with Gasteiger partial charge in [0.1, 0.15) is 23.6 Å². The van der Waals surface area contributed by atoms with Gasteiger partial charge in [-0.2, -0.15) is 0 Å². The van der Waals surface area contributed by atoms with Gasteiger partial charge < -0.3 is 24.1 Å². The number of hydrogen-bond acceptors (Lipinski definition) is 7.